The Labute approximate surface area is 117 Å². The first-order valence-corrected chi connectivity index (χ1v) is 6.31. The van der Waals surface area contributed by atoms with Crippen LogP contribution in [0.1, 0.15) is 46.4 Å². The number of pyridine rings is 1. The van der Waals surface area contributed by atoms with Crippen LogP contribution >= 0.6 is 0 Å². The normalized spacial score (nSPS) is 11.7. The van der Waals surface area contributed by atoms with Crippen molar-refractivity contribution in [2.75, 3.05) is 0 Å². The molecule has 1 heterocycles. The molecule has 4 heteroatoms. The molecule has 0 fully saturated rings. The summed E-state index contributed by atoms with van der Waals surface area (Å²) in [6.45, 7) is 3.25. The van der Waals surface area contributed by atoms with Crippen LogP contribution in [0.25, 0.3) is 0 Å². The lowest BCUT2D eigenvalue weighted by molar-refractivity contribution is 0.0329. The van der Waals surface area contributed by atoms with E-state index in [9.17, 15) is 9.59 Å². The highest BCUT2D eigenvalue weighted by Gasteiger charge is 2.14. The maximum atomic E-state index is 12.0. The van der Waals surface area contributed by atoms with Crippen LogP contribution in [-0.2, 0) is 4.74 Å². The number of ether oxygens (including phenoxy) is 1. The first kappa shape index (κ1) is 13.9. The summed E-state index contributed by atoms with van der Waals surface area (Å²) in [5, 5.41) is 0. The number of Topliss-reactive ketones (excluding diaryl/α,β-unsaturated/α-hetero) is 1. The zero-order valence-corrected chi connectivity index (χ0v) is 11.4. The molecular formula is C16H15NO3. The molecule has 4 nitrogen and oxygen atoms in total. The maximum absolute atomic E-state index is 12.0. The summed E-state index contributed by atoms with van der Waals surface area (Å²) in [5.41, 5.74) is 1.68. The number of ketones is 1. The summed E-state index contributed by atoms with van der Waals surface area (Å²) in [7, 11) is 0. The van der Waals surface area contributed by atoms with Crippen molar-refractivity contribution in [3.8, 4) is 0 Å². The van der Waals surface area contributed by atoms with Crippen LogP contribution in [0.5, 0.6) is 0 Å². The zero-order chi connectivity index (χ0) is 14.5. The van der Waals surface area contributed by atoms with Crippen molar-refractivity contribution in [3.63, 3.8) is 0 Å². The van der Waals surface area contributed by atoms with E-state index < -0.39 is 12.1 Å². The molecule has 1 aromatic heterocycles. The molecule has 102 valence electrons. The summed E-state index contributed by atoms with van der Waals surface area (Å²) < 4.78 is 5.34. The van der Waals surface area contributed by atoms with Crippen molar-refractivity contribution in [2.45, 2.75) is 20.0 Å². The molecule has 0 N–H and O–H groups in total. The molecule has 2 aromatic rings. The van der Waals surface area contributed by atoms with Gasteiger partial charge in [0.05, 0.1) is 11.3 Å². The molecule has 0 amide bonds. The predicted molar refractivity (Wildman–Crippen MR) is 74.5 cm³/mol. The monoisotopic (exact) mass is 269 g/mol. The molecular weight excluding hydrogens is 254 g/mol. The molecule has 0 bridgehead atoms. The summed E-state index contributed by atoms with van der Waals surface area (Å²) in [6, 6.07) is 11.9. The van der Waals surface area contributed by atoms with Gasteiger partial charge < -0.3 is 4.74 Å². The quantitative estimate of drug-likeness (QED) is 0.631. The first-order valence-electron chi connectivity index (χ1n) is 6.31. The second-order valence-electron chi connectivity index (χ2n) is 4.44. The van der Waals surface area contributed by atoms with Crippen LogP contribution in [0.4, 0.5) is 0 Å². The van der Waals surface area contributed by atoms with E-state index in [1.165, 1.54) is 6.92 Å². The van der Waals surface area contributed by atoms with E-state index in [4.69, 9.17) is 4.74 Å². The number of nitrogens with zero attached hydrogens (tertiary/aromatic N) is 1. The Bertz CT molecular complexity index is 605. The van der Waals surface area contributed by atoms with Gasteiger partial charge in [-0.3, -0.25) is 9.78 Å². The minimum absolute atomic E-state index is 0.0354. The van der Waals surface area contributed by atoms with Gasteiger partial charge in [-0.1, -0.05) is 18.2 Å². The fraction of sp³-hybridized carbons (Fsp3) is 0.188. The number of benzene rings is 1. The van der Waals surface area contributed by atoms with Gasteiger partial charge in [-0.05, 0) is 38.1 Å². The van der Waals surface area contributed by atoms with Crippen molar-refractivity contribution < 1.29 is 14.3 Å². The molecule has 2 rings (SSSR count). The SMILES string of the molecule is CC(=O)c1ccc(C(=O)O[C@@H](C)c2ccccn2)cc1. The Hall–Kier alpha value is -2.49. The average molecular weight is 269 g/mol. The minimum Gasteiger partial charge on any atom is -0.453 e. The molecule has 0 aliphatic rings. The Morgan fingerprint density at radius 3 is 2.25 bits per heavy atom. The van der Waals surface area contributed by atoms with Crippen molar-refractivity contribution in [3.05, 3.63) is 65.5 Å². The number of esters is 1. The highest BCUT2D eigenvalue weighted by atomic mass is 16.5. The van der Waals surface area contributed by atoms with Gasteiger partial charge in [0.15, 0.2) is 5.78 Å². The second kappa shape index (κ2) is 6.10. The fourth-order valence-corrected chi connectivity index (χ4v) is 1.75. The second-order valence-corrected chi connectivity index (χ2v) is 4.44. The standard InChI is InChI=1S/C16H15NO3/c1-11(18)13-6-8-14(9-7-13)16(19)20-12(2)15-5-3-4-10-17-15/h3-10,12H,1-2H3/t12-/m0/s1. The third-order valence-electron chi connectivity index (χ3n) is 2.92. The van der Waals surface area contributed by atoms with Gasteiger partial charge in [-0.15, -0.1) is 0 Å². The lowest BCUT2D eigenvalue weighted by Gasteiger charge is -2.12. The molecule has 0 aliphatic heterocycles. The first-order chi connectivity index (χ1) is 9.58. The smallest absolute Gasteiger partial charge is 0.338 e. The third-order valence-corrected chi connectivity index (χ3v) is 2.92. The van der Waals surface area contributed by atoms with Gasteiger partial charge in [-0.25, -0.2) is 4.79 Å². The van der Waals surface area contributed by atoms with Gasteiger partial charge in [-0.2, -0.15) is 0 Å². The van der Waals surface area contributed by atoms with Crippen molar-refractivity contribution >= 4 is 11.8 Å². The molecule has 20 heavy (non-hydrogen) atoms. The van der Waals surface area contributed by atoms with Crippen LogP contribution in [0.3, 0.4) is 0 Å². The highest BCUT2D eigenvalue weighted by Crippen LogP contribution is 2.16. The summed E-state index contributed by atoms with van der Waals surface area (Å²) in [5.74, 6) is -0.468. The van der Waals surface area contributed by atoms with Gasteiger partial charge in [0.2, 0.25) is 0 Å². The van der Waals surface area contributed by atoms with Gasteiger partial charge in [0.25, 0.3) is 0 Å². The van der Waals surface area contributed by atoms with Crippen molar-refractivity contribution in [1.29, 1.82) is 0 Å². The minimum atomic E-state index is -0.432. The Kier molecular flexibility index (Phi) is 4.25. The fourth-order valence-electron chi connectivity index (χ4n) is 1.75. The Morgan fingerprint density at radius 1 is 1.05 bits per heavy atom. The molecule has 0 aliphatic carbocycles. The van der Waals surface area contributed by atoms with E-state index in [-0.39, 0.29) is 5.78 Å². The third kappa shape index (κ3) is 3.29. The summed E-state index contributed by atoms with van der Waals surface area (Å²) >= 11 is 0. The van der Waals surface area contributed by atoms with Crippen LogP contribution in [0.2, 0.25) is 0 Å². The van der Waals surface area contributed by atoms with E-state index in [1.807, 2.05) is 6.07 Å². The number of aromatic nitrogens is 1. The van der Waals surface area contributed by atoms with Crippen LogP contribution in [0.15, 0.2) is 48.7 Å². The van der Waals surface area contributed by atoms with E-state index >= 15 is 0 Å². The van der Waals surface area contributed by atoms with Crippen molar-refractivity contribution in [2.24, 2.45) is 0 Å². The summed E-state index contributed by atoms with van der Waals surface area (Å²) in [4.78, 5) is 27.3. The Morgan fingerprint density at radius 2 is 1.70 bits per heavy atom. The maximum Gasteiger partial charge on any atom is 0.338 e. The Balaban J connectivity index is 2.06. The number of hydrogen-bond acceptors (Lipinski definition) is 4. The molecule has 0 spiro atoms. The van der Waals surface area contributed by atoms with Crippen LogP contribution in [0, 0.1) is 0 Å². The van der Waals surface area contributed by atoms with Gasteiger partial charge in [0.1, 0.15) is 6.10 Å². The molecule has 0 saturated heterocycles. The summed E-state index contributed by atoms with van der Waals surface area (Å²) in [6.07, 6.45) is 1.23. The largest absolute Gasteiger partial charge is 0.453 e. The van der Waals surface area contributed by atoms with E-state index in [1.54, 1.807) is 49.5 Å². The molecule has 0 radical (unpaired) electrons. The average Bonchev–Trinajstić information content (AvgIpc) is 2.48. The van der Waals surface area contributed by atoms with E-state index in [0.29, 0.717) is 16.8 Å². The predicted octanol–water partition coefficient (Wildman–Crippen LogP) is 3.20. The van der Waals surface area contributed by atoms with Crippen molar-refractivity contribution in [1.82, 2.24) is 4.98 Å². The number of rotatable bonds is 4. The molecule has 0 saturated carbocycles. The molecule has 1 atom stereocenters. The van der Waals surface area contributed by atoms with Crippen LogP contribution in [-0.4, -0.2) is 16.7 Å². The zero-order valence-electron chi connectivity index (χ0n) is 11.4. The van der Waals surface area contributed by atoms with Crippen LogP contribution < -0.4 is 0 Å². The number of hydrogen-bond donors (Lipinski definition) is 0. The lowest BCUT2D eigenvalue weighted by Crippen LogP contribution is -2.10. The molecule has 0 unspecified atom stereocenters. The molecule has 1 aromatic carbocycles. The van der Waals surface area contributed by atoms with E-state index in [0.717, 1.165) is 0 Å². The number of carbonyl (C=O) groups excluding carboxylic acids is 2. The number of carbonyl (C=O) groups is 2. The van der Waals surface area contributed by atoms with E-state index in [2.05, 4.69) is 4.98 Å². The topological polar surface area (TPSA) is 56.3 Å². The highest BCUT2D eigenvalue weighted by molar-refractivity contribution is 5.96. The van der Waals surface area contributed by atoms with Gasteiger partial charge in [0, 0.05) is 11.8 Å². The van der Waals surface area contributed by atoms with Gasteiger partial charge >= 0.3 is 5.97 Å². The lowest BCUT2D eigenvalue weighted by atomic mass is 10.1.